The first-order valence-corrected chi connectivity index (χ1v) is 10.5. The van der Waals surface area contributed by atoms with Crippen molar-refractivity contribution in [3.05, 3.63) is 0 Å². The Morgan fingerprint density at radius 3 is 1.76 bits per heavy atom. The molecule has 29 heavy (non-hydrogen) atoms. The number of hydrogen-bond donors (Lipinski definition) is 1. The van der Waals surface area contributed by atoms with Crippen molar-refractivity contribution in [1.82, 2.24) is 0 Å². The lowest BCUT2D eigenvalue weighted by Crippen LogP contribution is -2.33. The minimum atomic E-state index is -1.37. The van der Waals surface area contributed by atoms with Gasteiger partial charge >= 0.3 is 17.9 Å². The molecule has 0 aromatic carbocycles. The van der Waals surface area contributed by atoms with Crippen LogP contribution in [0.25, 0.3) is 0 Å². The third-order valence-corrected chi connectivity index (χ3v) is 3.02. The highest BCUT2D eigenvalue weighted by Gasteiger charge is 2.25. The summed E-state index contributed by atoms with van der Waals surface area (Å²) in [6, 6.07) is 0. The molecule has 0 atom stereocenters. The Morgan fingerprint density at radius 1 is 0.897 bits per heavy atom. The summed E-state index contributed by atoms with van der Waals surface area (Å²) in [6.07, 6.45) is 3.50. The van der Waals surface area contributed by atoms with E-state index in [2.05, 4.69) is 11.7 Å². The zero-order chi connectivity index (χ0) is 23.5. The van der Waals surface area contributed by atoms with Gasteiger partial charge in [-0.15, -0.1) is 0 Å². The summed E-state index contributed by atoms with van der Waals surface area (Å²) in [6.45, 7) is 17.6. The predicted octanol–water partition coefficient (Wildman–Crippen LogP) is 4.29. The molecule has 0 heterocycles. The summed E-state index contributed by atoms with van der Waals surface area (Å²) in [5, 5.41) is 9.12. The molecule has 0 aliphatic rings. The van der Waals surface area contributed by atoms with Crippen molar-refractivity contribution in [2.45, 2.75) is 93.6 Å². The quantitative estimate of drug-likeness (QED) is 0.320. The number of carbonyl (C=O) groups excluding carboxylic acids is 3. The third-order valence-electron chi connectivity index (χ3n) is 3.02. The molecule has 0 bridgehead atoms. The molecule has 7 heteroatoms. The van der Waals surface area contributed by atoms with E-state index in [9.17, 15) is 14.4 Å². The molecule has 7 nitrogen and oxygen atoms in total. The van der Waals surface area contributed by atoms with Crippen molar-refractivity contribution in [2.75, 3.05) is 19.8 Å². The van der Waals surface area contributed by atoms with Crippen LogP contribution in [0.4, 0.5) is 0 Å². The highest BCUT2D eigenvalue weighted by atomic mass is 16.6. The molecule has 0 spiro atoms. The van der Waals surface area contributed by atoms with Gasteiger partial charge in [-0.1, -0.05) is 48.0 Å². The number of rotatable bonds is 10. The SMILES string of the molecule is CC(C)COC(=O)C(C)(C)O.CCCCOC(=O)CCC.CCOC(=O)C(C)C. The molecular formula is C22H44O7. The lowest BCUT2D eigenvalue weighted by molar-refractivity contribution is -0.162. The number of aliphatic hydroxyl groups is 1. The number of unbranched alkanes of at least 4 members (excludes halogenated alkanes) is 1. The zero-order valence-corrected chi connectivity index (χ0v) is 20.0. The molecule has 0 amide bonds. The molecule has 0 aliphatic carbocycles. The first-order chi connectivity index (χ1) is 13.3. The lowest BCUT2D eigenvalue weighted by Gasteiger charge is -2.16. The van der Waals surface area contributed by atoms with Crippen LogP contribution in [0.3, 0.4) is 0 Å². The maximum absolute atomic E-state index is 10.9. The van der Waals surface area contributed by atoms with E-state index in [0.717, 1.165) is 19.3 Å². The van der Waals surface area contributed by atoms with E-state index >= 15 is 0 Å². The van der Waals surface area contributed by atoms with Gasteiger partial charge in [-0.05, 0) is 39.5 Å². The fraction of sp³-hybridized carbons (Fsp3) is 0.864. The Bertz CT molecular complexity index is 423. The van der Waals surface area contributed by atoms with Gasteiger partial charge in [-0.3, -0.25) is 9.59 Å². The van der Waals surface area contributed by atoms with Crippen LogP contribution in [-0.4, -0.2) is 48.4 Å². The average Bonchev–Trinajstić information content (AvgIpc) is 2.60. The molecular weight excluding hydrogens is 376 g/mol. The maximum atomic E-state index is 10.9. The molecule has 0 unspecified atom stereocenters. The molecule has 0 saturated carbocycles. The molecule has 0 aromatic heterocycles. The van der Waals surface area contributed by atoms with Gasteiger partial charge in [0.25, 0.3) is 0 Å². The number of hydrogen-bond acceptors (Lipinski definition) is 7. The minimum Gasteiger partial charge on any atom is -0.466 e. The Labute approximate surface area is 177 Å². The van der Waals surface area contributed by atoms with Crippen LogP contribution in [0.2, 0.25) is 0 Å². The molecule has 0 rings (SSSR count). The average molecular weight is 421 g/mol. The first kappa shape index (κ1) is 32.0. The molecule has 0 saturated heterocycles. The third kappa shape index (κ3) is 26.4. The monoisotopic (exact) mass is 420 g/mol. The Balaban J connectivity index is -0.000000354. The lowest BCUT2D eigenvalue weighted by atomic mass is 10.1. The number of esters is 3. The Kier molecular flexibility index (Phi) is 21.7. The van der Waals surface area contributed by atoms with Crippen molar-refractivity contribution in [3.63, 3.8) is 0 Å². The van der Waals surface area contributed by atoms with Crippen molar-refractivity contribution < 1.29 is 33.7 Å². The summed E-state index contributed by atoms with van der Waals surface area (Å²) in [4.78, 5) is 32.1. The van der Waals surface area contributed by atoms with Crippen LogP contribution in [0, 0.1) is 11.8 Å². The molecule has 0 radical (unpaired) electrons. The van der Waals surface area contributed by atoms with Crippen LogP contribution in [-0.2, 0) is 28.6 Å². The predicted molar refractivity (Wildman–Crippen MR) is 114 cm³/mol. The van der Waals surface area contributed by atoms with E-state index in [1.807, 2.05) is 34.6 Å². The van der Waals surface area contributed by atoms with E-state index in [1.165, 1.54) is 13.8 Å². The van der Waals surface area contributed by atoms with Crippen molar-refractivity contribution in [3.8, 4) is 0 Å². The van der Waals surface area contributed by atoms with Crippen molar-refractivity contribution in [2.24, 2.45) is 11.8 Å². The van der Waals surface area contributed by atoms with Crippen molar-refractivity contribution in [1.29, 1.82) is 0 Å². The second-order valence-electron chi connectivity index (χ2n) is 7.78. The van der Waals surface area contributed by atoms with Gasteiger partial charge in [0.05, 0.1) is 25.7 Å². The van der Waals surface area contributed by atoms with Gasteiger partial charge in [-0.25, -0.2) is 4.79 Å². The van der Waals surface area contributed by atoms with E-state index in [-0.39, 0.29) is 17.9 Å². The first-order valence-electron chi connectivity index (χ1n) is 10.5. The molecule has 0 fully saturated rings. The molecule has 174 valence electrons. The Morgan fingerprint density at radius 2 is 1.45 bits per heavy atom. The maximum Gasteiger partial charge on any atom is 0.337 e. The van der Waals surface area contributed by atoms with Crippen LogP contribution in [0.5, 0.6) is 0 Å². The van der Waals surface area contributed by atoms with Crippen LogP contribution in [0.15, 0.2) is 0 Å². The topological polar surface area (TPSA) is 99.1 Å². The van der Waals surface area contributed by atoms with Gasteiger partial charge in [0.2, 0.25) is 0 Å². The normalized spacial score (nSPS) is 10.3. The van der Waals surface area contributed by atoms with E-state index in [0.29, 0.717) is 32.2 Å². The zero-order valence-electron chi connectivity index (χ0n) is 20.0. The van der Waals surface area contributed by atoms with Gasteiger partial charge in [0.15, 0.2) is 5.60 Å². The smallest absolute Gasteiger partial charge is 0.337 e. The summed E-state index contributed by atoms with van der Waals surface area (Å²) in [5.41, 5.74) is -1.37. The number of carbonyl (C=O) groups is 3. The molecule has 0 aromatic rings. The second-order valence-corrected chi connectivity index (χ2v) is 7.78. The Hall–Kier alpha value is -1.63. The van der Waals surface area contributed by atoms with Crippen LogP contribution in [0.1, 0.15) is 88.0 Å². The standard InChI is InChI=1S/C8H16O3.C8H16O2.C6H12O2/c1-6(2)5-11-7(9)8(3,4)10;1-3-5-7-10-8(9)6-4-2;1-4-8-6(7)5(2)3/h6,10H,5H2,1-4H3;3-7H2,1-2H3;5H,4H2,1-3H3. The van der Waals surface area contributed by atoms with Gasteiger partial charge < -0.3 is 19.3 Å². The highest BCUT2D eigenvalue weighted by molar-refractivity contribution is 5.78. The van der Waals surface area contributed by atoms with Gasteiger partial charge in [-0.2, -0.15) is 0 Å². The van der Waals surface area contributed by atoms with E-state index < -0.39 is 11.6 Å². The summed E-state index contributed by atoms with van der Waals surface area (Å²) < 4.78 is 14.3. The number of ether oxygens (including phenoxy) is 3. The fourth-order valence-electron chi connectivity index (χ4n) is 1.33. The largest absolute Gasteiger partial charge is 0.466 e. The fourth-order valence-corrected chi connectivity index (χ4v) is 1.33. The second kappa shape index (κ2) is 19.7. The van der Waals surface area contributed by atoms with E-state index in [1.54, 1.807) is 6.92 Å². The minimum absolute atomic E-state index is 0.00921. The molecule has 0 aliphatic heterocycles. The van der Waals surface area contributed by atoms with Gasteiger partial charge in [0, 0.05) is 6.42 Å². The van der Waals surface area contributed by atoms with Gasteiger partial charge in [0.1, 0.15) is 0 Å². The highest BCUT2D eigenvalue weighted by Crippen LogP contribution is 2.05. The summed E-state index contributed by atoms with van der Waals surface area (Å²) in [5.74, 6) is -0.425. The van der Waals surface area contributed by atoms with Crippen LogP contribution < -0.4 is 0 Å². The summed E-state index contributed by atoms with van der Waals surface area (Å²) in [7, 11) is 0. The van der Waals surface area contributed by atoms with Crippen molar-refractivity contribution >= 4 is 17.9 Å². The summed E-state index contributed by atoms with van der Waals surface area (Å²) >= 11 is 0. The molecule has 1 N–H and O–H groups in total. The van der Waals surface area contributed by atoms with E-state index in [4.69, 9.17) is 14.6 Å². The van der Waals surface area contributed by atoms with Crippen LogP contribution >= 0.6 is 0 Å².